The van der Waals surface area contributed by atoms with Gasteiger partial charge in [0.25, 0.3) is 0 Å². The molecular weight excluding hydrogens is 126 g/mol. The molecule has 0 aliphatic heterocycles. The fourth-order valence-corrected chi connectivity index (χ4v) is 0.852. The second-order valence-electron chi connectivity index (χ2n) is 2.35. The molecule has 0 spiro atoms. The smallest absolute Gasteiger partial charge is 0.115 e. The van der Waals surface area contributed by atoms with Crippen LogP contribution in [0.4, 0.5) is 0 Å². The molecular formula is C8H11NO. The van der Waals surface area contributed by atoms with E-state index >= 15 is 0 Å². The second-order valence-corrected chi connectivity index (χ2v) is 2.35. The van der Waals surface area contributed by atoms with Crippen molar-refractivity contribution in [3.63, 3.8) is 0 Å². The van der Waals surface area contributed by atoms with Gasteiger partial charge in [0.05, 0.1) is 7.11 Å². The van der Waals surface area contributed by atoms with Crippen LogP contribution in [0.3, 0.4) is 0 Å². The summed E-state index contributed by atoms with van der Waals surface area (Å²) in [6.07, 6.45) is 5.51. The topological polar surface area (TPSA) is 33.1 Å². The molecule has 0 fully saturated rings. The highest BCUT2D eigenvalue weighted by atomic mass is 16.5. The SMILES string of the molecule is COC1=CC(C)C(=N)C=C1. The van der Waals surface area contributed by atoms with Crippen molar-refractivity contribution in [1.82, 2.24) is 0 Å². The third kappa shape index (κ3) is 1.26. The Bertz CT molecular complexity index is 203. The van der Waals surface area contributed by atoms with Gasteiger partial charge in [-0.05, 0) is 18.2 Å². The van der Waals surface area contributed by atoms with Crippen LogP contribution < -0.4 is 0 Å². The molecule has 0 saturated carbocycles. The number of hydrogen-bond acceptors (Lipinski definition) is 2. The van der Waals surface area contributed by atoms with Crippen LogP contribution in [0, 0.1) is 11.3 Å². The molecule has 2 nitrogen and oxygen atoms in total. The maximum atomic E-state index is 7.37. The molecule has 0 amide bonds. The van der Waals surface area contributed by atoms with Crippen LogP contribution >= 0.6 is 0 Å². The molecule has 0 aromatic rings. The zero-order valence-corrected chi connectivity index (χ0v) is 6.22. The van der Waals surface area contributed by atoms with E-state index in [-0.39, 0.29) is 5.92 Å². The Morgan fingerprint density at radius 1 is 1.50 bits per heavy atom. The number of rotatable bonds is 1. The average Bonchev–Trinajstić information content (AvgIpc) is 1.95. The monoisotopic (exact) mass is 137 g/mol. The van der Waals surface area contributed by atoms with Crippen LogP contribution in [-0.4, -0.2) is 12.8 Å². The standard InChI is InChI=1S/C8H11NO/c1-6-5-7(10-2)3-4-8(6)9/h3-6,9H,1-2H3. The lowest BCUT2D eigenvalue weighted by molar-refractivity contribution is 0.303. The van der Waals surface area contributed by atoms with Crippen LogP contribution in [0.15, 0.2) is 24.0 Å². The van der Waals surface area contributed by atoms with E-state index in [1.807, 2.05) is 19.1 Å². The van der Waals surface area contributed by atoms with Gasteiger partial charge in [-0.1, -0.05) is 6.92 Å². The summed E-state index contributed by atoms with van der Waals surface area (Å²) in [5, 5.41) is 7.37. The lowest BCUT2D eigenvalue weighted by Crippen LogP contribution is -2.08. The van der Waals surface area contributed by atoms with Crippen LogP contribution in [0.25, 0.3) is 0 Å². The Morgan fingerprint density at radius 2 is 2.20 bits per heavy atom. The predicted octanol–water partition coefficient (Wildman–Crippen LogP) is 1.74. The normalized spacial score (nSPS) is 24.4. The number of allylic oxidation sites excluding steroid dienone is 3. The molecule has 0 radical (unpaired) electrons. The molecule has 1 unspecified atom stereocenters. The Hall–Kier alpha value is -1.05. The molecule has 10 heavy (non-hydrogen) atoms. The van der Waals surface area contributed by atoms with Gasteiger partial charge in [-0.3, -0.25) is 0 Å². The van der Waals surface area contributed by atoms with E-state index in [9.17, 15) is 0 Å². The van der Waals surface area contributed by atoms with Crippen molar-refractivity contribution < 1.29 is 4.74 Å². The Morgan fingerprint density at radius 3 is 2.70 bits per heavy atom. The van der Waals surface area contributed by atoms with Crippen LogP contribution in [0.2, 0.25) is 0 Å². The van der Waals surface area contributed by atoms with Crippen LogP contribution in [0.1, 0.15) is 6.92 Å². The lowest BCUT2D eigenvalue weighted by Gasteiger charge is -2.11. The van der Waals surface area contributed by atoms with E-state index in [1.165, 1.54) is 0 Å². The van der Waals surface area contributed by atoms with E-state index in [1.54, 1.807) is 13.2 Å². The second kappa shape index (κ2) is 2.69. The van der Waals surface area contributed by atoms with E-state index in [2.05, 4.69) is 0 Å². The van der Waals surface area contributed by atoms with Crippen molar-refractivity contribution in [1.29, 1.82) is 5.41 Å². The Kier molecular flexibility index (Phi) is 1.90. The fourth-order valence-electron chi connectivity index (χ4n) is 0.852. The highest BCUT2D eigenvalue weighted by Crippen LogP contribution is 2.12. The van der Waals surface area contributed by atoms with Gasteiger partial charge in [0, 0.05) is 11.6 Å². The summed E-state index contributed by atoms with van der Waals surface area (Å²) in [4.78, 5) is 0. The van der Waals surface area contributed by atoms with Gasteiger partial charge in [-0.2, -0.15) is 0 Å². The van der Waals surface area contributed by atoms with Crippen LogP contribution in [0.5, 0.6) is 0 Å². The molecule has 0 aromatic carbocycles. The molecule has 1 aliphatic rings. The third-order valence-electron chi connectivity index (χ3n) is 1.57. The first-order valence-corrected chi connectivity index (χ1v) is 3.26. The molecule has 54 valence electrons. The molecule has 2 heteroatoms. The molecule has 0 bridgehead atoms. The number of ether oxygens (including phenoxy) is 1. The summed E-state index contributed by atoms with van der Waals surface area (Å²) in [7, 11) is 1.64. The third-order valence-corrected chi connectivity index (χ3v) is 1.57. The molecule has 1 rings (SSSR count). The lowest BCUT2D eigenvalue weighted by atomic mass is 10.0. The zero-order valence-electron chi connectivity index (χ0n) is 6.22. The summed E-state index contributed by atoms with van der Waals surface area (Å²) in [6.45, 7) is 1.98. The van der Waals surface area contributed by atoms with Gasteiger partial charge < -0.3 is 10.1 Å². The predicted molar refractivity (Wildman–Crippen MR) is 41.1 cm³/mol. The number of hydrogen-bond donors (Lipinski definition) is 1. The minimum Gasteiger partial charge on any atom is -0.497 e. The maximum Gasteiger partial charge on any atom is 0.115 e. The van der Waals surface area contributed by atoms with Gasteiger partial charge >= 0.3 is 0 Å². The summed E-state index contributed by atoms with van der Waals surface area (Å²) < 4.78 is 4.99. The van der Waals surface area contributed by atoms with Crippen molar-refractivity contribution >= 4 is 5.71 Å². The first-order chi connectivity index (χ1) is 4.74. The number of methoxy groups -OCH3 is 1. The molecule has 1 aliphatic carbocycles. The van der Waals surface area contributed by atoms with Gasteiger partial charge in [0.2, 0.25) is 0 Å². The zero-order chi connectivity index (χ0) is 7.56. The van der Waals surface area contributed by atoms with Crippen molar-refractivity contribution in [3.8, 4) is 0 Å². The highest BCUT2D eigenvalue weighted by Gasteiger charge is 2.08. The van der Waals surface area contributed by atoms with E-state index < -0.39 is 0 Å². The maximum absolute atomic E-state index is 7.37. The van der Waals surface area contributed by atoms with E-state index in [0.29, 0.717) is 5.71 Å². The quantitative estimate of drug-likeness (QED) is 0.586. The first kappa shape index (κ1) is 7.06. The summed E-state index contributed by atoms with van der Waals surface area (Å²) in [6, 6.07) is 0. The Labute approximate surface area is 60.7 Å². The van der Waals surface area contributed by atoms with Gasteiger partial charge in [-0.25, -0.2) is 0 Å². The Balaban J connectivity index is 2.75. The highest BCUT2D eigenvalue weighted by molar-refractivity contribution is 5.96. The molecule has 0 aromatic heterocycles. The summed E-state index contributed by atoms with van der Waals surface area (Å²) in [5.41, 5.74) is 0.640. The van der Waals surface area contributed by atoms with E-state index in [4.69, 9.17) is 10.1 Å². The molecule has 1 N–H and O–H groups in total. The van der Waals surface area contributed by atoms with Gasteiger partial charge in [0.15, 0.2) is 0 Å². The fraction of sp³-hybridized carbons (Fsp3) is 0.375. The minimum atomic E-state index is 0.194. The molecule has 1 atom stereocenters. The largest absolute Gasteiger partial charge is 0.497 e. The summed E-state index contributed by atoms with van der Waals surface area (Å²) in [5.74, 6) is 1.04. The average molecular weight is 137 g/mol. The van der Waals surface area contributed by atoms with Gasteiger partial charge in [-0.15, -0.1) is 0 Å². The molecule has 0 heterocycles. The van der Waals surface area contributed by atoms with Crippen molar-refractivity contribution in [2.24, 2.45) is 5.92 Å². The van der Waals surface area contributed by atoms with Gasteiger partial charge in [0.1, 0.15) is 5.76 Å². The van der Waals surface area contributed by atoms with E-state index in [0.717, 1.165) is 5.76 Å². The number of nitrogens with one attached hydrogen (secondary N) is 1. The van der Waals surface area contributed by atoms with Crippen LogP contribution in [-0.2, 0) is 4.74 Å². The van der Waals surface area contributed by atoms with Crippen molar-refractivity contribution in [2.75, 3.05) is 7.11 Å². The van der Waals surface area contributed by atoms with Crippen molar-refractivity contribution in [2.45, 2.75) is 6.92 Å². The minimum absolute atomic E-state index is 0.194. The van der Waals surface area contributed by atoms with Crippen molar-refractivity contribution in [3.05, 3.63) is 24.0 Å². The molecule has 0 saturated heterocycles. The summed E-state index contributed by atoms with van der Waals surface area (Å²) >= 11 is 0. The first-order valence-electron chi connectivity index (χ1n) is 3.26.